The first-order chi connectivity index (χ1) is 12.1. The van der Waals surface area contributed by atoms with E-state index in [1.807, 2.05) is 12.1 Å². The van der Waals surface area contributed by atoms with Gasteiger partial charge in [0.1, 0.15) is 5.82 Å². The molecule has 132 valence electrons. The van der Waals surface area contributed by atoms with Gasteiger partial charge >= 0.3 is 0 Å². The Labute approximate surface area is 147 Å². The smallest absolute Gasteiger partial charge is 0.157 e. The molecule has 4 heteroatoms. The molecule has 4 rings (SSSR count). The van der Waals surface area contributed by atoms with Crippen LogP contribution in [0.1, 0.15) is 48.9 Å². The lowest BCUT2D eigenvalue weighted by Gasteiger charge is -2.54. The molecule has 3 nitrogen and oxygen atoms in total. The largest absolute Gasteiger partial charge is 0.504 e. The van der Waals surface area contributed by atoms with Crippen molar-refractivity contribution >= 4 is 0 Å². The Balaban J connectivity index is 1.90. The molecule has 0 radical (unpaired) electrons. The number of halogens is 1. The van der Waals surface area contributed by atoms with Crippen LogP contribution in [0.4, 0.5) is 4.39 Å². The molecule has 1 fully saturated rings. The molecule has 0 spiro atoms. The predicted molar refractivity (Wildman–Crippen MR) is 95.4 cm³/mol. The van der Waals surface area contributed by atoms with Crippen LogP contribution in [-0.2, 0) is 11.8 Å². The number of fused-ring (bicyclic) bond motifs is 1. The van der Waals surface area contributed by atoms with Gasteiger partial charge in [0.15, 0.2) is 11.5 Å². The van der Waals surface area contributed by atoms with Gasteiger partial charge in [-0.1, -0.05) is 31.5 Å². The molecule has 2 aliphatic rings. The normalized spacial score (nSPS) is 22.2. The number of phenols is 2. The Hall–Kier alpha value is -2.07. The van der Waals surface area contributed by atoms with E-state index < -0.39 is 0 Å². The van der Waals surface area contributed by atoms with Crippen molar-refractivity contribution in [2.45, 2.75) is 44.1 Å². The fourth-order valence-electron chi connectivity index (χ4n) is 4.80. The monoisotopic (exact) mass is 341 g/mol. The number of rotatable bonds is 3. The van der Waals surface area contributed by atoms with Gasteiger partial charge in [0.2, 0.25) is 0 Å². The number of nitrogens with zero attached hydrogens (tertiary/aromatic N) is 1. The molecule has 1 atom stereocenters. The maximum Gasteiger partial charge on any atom is 0.157 e. The maximum absolute atomic E-state index is 14.7. The second-order valence-corrected chi connectivity index (χ2v) is 7.31. The van der Waals surface area contributed by atoms with Gasteiger partial charge in [0.25, 0.3) is 0 Å². The van der Waals surface area contributed by atoms with Crippen LogP contribution in [0.15, 0.2) is 36.4 Å². The van der Waals surface area contributed by atoms with Crippen molar-refractivity contribution in [1.82, 2.24) is 4.90 Å². The summed E-state index contributed by atoms with van der Waals surface area (Å²) in [6, 6.07) is 10.5. The van der Waals surface area contributed by atoms with Gasteiger partial charge in [0, 0.05) is 18.0 Å². The third-order valence-corrected chi connectivity index (χ3v) is 6.15. The Morgan fingerprint density at radius 1 is 1.16 bits per heavy atom. The van der Waals surface area contributed by atoms with Crippen LogP contribution < -0.4 is 0 Å². The van der Waals surface area contributed by atoms with E-state index in [1.54, 1.807) is 24.3 Å². The Morgan fingerprint density at radius 2 is 1.88 bits per heavy atom. The van der Waals surface area contributed by atoms with E-state index >= 15 is 0 Å². The molecule has 1 heterocycles. The highest BCUT2D eigenvalue weighted by Crippen LogP contribution is 2.57. The summed E-state index contributed by atoms with van der Waals surface area (Å²) < 4.78 is 14.7. The van der Waals surface area contributed by atoms with Crippen molar-refractivity contribution in [3.05, 3.63) is 58.9 Å². The Bertz CT molecular complexity index is 800. The van der Waals surface area contributed by atoms with Crippen molar-refractivity contribution < 1.29 is 14.6 Å². The molecule has 2 N–H and O–H groups in total. The first-order valence-electron chi connectivity index (χ1n) is 9.10. The van der Waals surface area contributed by atoms with Gasteiger partial charge in [-0.05, 0) is 60.7 Å². The molecule has 1 aliphatic heterocycles. The summed E-state index contributed by atoms with van der Waals surface area (Å²) in [6.45, 7) is 3.89. The SMILES string of the molecule is CCN1CCc2cc(O)c(O)cc2C1C1(c2ccccc2F)CCC1. The van der Waals surface area contributed by atoms with Crippen LogP contribution in [0, 0.1) is 5.82 Å². The number of aromatic hydroxyl groups is 2. The second-order valence-electron chi connectivity index (χ2n) is 7.31. The minimum Gasteiger partial charge on any atom is -0.504 e. The highest BCUT2D eigenvalue weighted by atomic mass is 19.1. The van der Waals surface area contributed by atoms with Crippen molar-refractivity contribution in [3.63, 3.8) is 0 Å². The van der Waals surface area contributed by atoms with Gasteiger partial charge in [-0.2, -0.15) is 0 Å². The number of phenolic OH excluding ortho intramolecular Hbond substituents is 2. The van der Waals surface area contributed by atoms with Gasteiger partial charge in [0.05, 0.1) is 0 Å². The van der Waals surface area contributed by atoms with Crippen molar-refractivity contribution in [2.24, 2.45) is 0 Å². The van der Waals surface area contributed by atoms with E-state index in [9.17, 15) is 14.6 Å². The van der Waals surface area contributed by atoms with Crippen molar-refractivity contribution in [2.75, 3.05) is 13.1 Å². The van der Waals surface area contributed by atoms with E-state index in [2.05, 4.69) is 11.8 Å². The molecule has 2 aromatic carbocycles. The standard InChI is InChI=1S/C21H24FNO2/c1-2-23-11-8-14-12-18(24)19(25)13-15(14)20(23)21(9-5-10-21)16-6-3-4-7-17(16)22/h3-4,6-7,12-13,20,24-25H,2,5,8-11H2,1H3. The summed E-state index contributed by atoms with van der Waals surface area (Å²) in [7, 11) is 0. The Kier molecular flexibility index (Phi) is 3.95. The number of benzene rings is 2. The second kappa shape index (κ2) is 6.03. The van der Waals surface area contributed by atoms with Crippen LogP contribution in [0.5, 0.6) is 11.5 Å². The fraction of sp³-hybridized carbons (Fsp3) is 0.429. The van der Waals surface area contributed by atoms with Crippen LogP contribution in [0.25, 0.3) is 0 Å². The van der Waals surface area contributed by atoms with Crippen LogP contribution >= 0.6 is 0 Å². The van der Waals surface area contributed by atoms with E-state index in [1.165, 1.54) is 0 Å². The molecule has 2 aromatic rings. The lowest BCUT2D eigenvalue weighted by Crippen LogP contribution is -2.51. The number of likely N-dealkylation sites (N-methyl/N-ethyl adjacent to an activating group) is 1. The van der Waals surface area contributed by atoms with Crippen LogP contribution in [0.2, 0.25) is 0 Å². The summed E-state index contributed by atoms with van der Waals surface area (Å²) in [5, 5.41) is 20.0. The minimum absolute atomic E-state index is 0.0263. The number of hydrogen-bond acceptors (Lipinski definition) is 3. The summed E-state index contributed by atoms with van der Waals surface area (Å²) in [4.78, 5) is 2.39. The highest BCUT2D eigenvalue weighted by Gasteiger charge is 2.51. The van der Waals surface area contributed by atoms with Gasteiger partial charge in [-0.25, -0.2) is 4.39 Å². The van der Waals surface area contributed by atoms with E-state index in [4.69, 9.17) is 0 Å². The molecular formula is C21H24FNO2. The van der Waals surface area contributed by atoms with E-state index in [0.29, 0.717) is 0 Å². The third-order valence-electron chi connectivity index (χ3n) is 6.15. The topological polar surface area (TPSA) is 43.7 Å². The molecule has 0 aromatic heterocycles. The summed E-state index contributed by atoms with van der Waals surface area (Å²) in [5.41, 5.74) is 2.61. The van der Waals surface area contributed by atoms with Gasteiger partial charge in [-0.15, -0.1) is 0 Å². The average molecular weight is 341 g/mol. The summed E-state index contributed by atoms with van der Waals surface area (Å²) in [5.74, 6) is -0.311. The molecule has 1 unspecified atom stereocenters. The van der Waals surface area contributed by atoms with Crippen molar-refractivity contribution in [1.29, 1.82) is 0 Å². The van der Waals surface area contributed by atoms with Crippen LogP contribution in [0.3, 0.4) is 0 Å². The quantitative estimate of drug-likeness (QED) is 0.819. The molecular weight excluding hydrogens is 317 g/mol. The molecule has 1 aliphatic carbocycles. The predicted octanol–water partition coefficient (Wildman–Crippen LogP) is 4.28. The van der Waals surface area contributed by atoms with Crippen LogP contribution in [-0.4, -0.2) is 28.2 Å². The zero-order chi connectivity index (χ0) is 17.6. The number of hydrogen-bond donors (Lipinski definition) is 2. The maximum atomic E-state index is 14.7. The minimum atomic E-state index is -0.264. The van der Waals surface area contributed by atoms with Crippen molar-refractivity contribution in [3.8, 4) is 11.5 Å². The third kappa shape index (κ3) is 2.43. The Morgan fingerprint density at radius 3 is 2.52 bits per heavy atom. The van der Waals surface area contributed by atoms with E-state index in [-0.39, 0.29) is 28.8 Å². The first kappa shape index (κ1) is 16.4. The molecule has 0 bridgehead atoms. The lowest BCUT2D eigenvalue weighted by atomic mass is 9.57. The zero-order valence-corrected chi connectivity index (χ0v) is 14.5. The summed E-state index contributed by atoms with van der Waals surface area (Å²) in [6.07, 6.45) is 3.80. The first-order valence-corrected chi connectivity index (χ1v) is 9.10. The molecule has 1 saturated carbocycles. The van der Waals surface area contributed by atoms with Gasteiger partial charge < -0.3 is 10.2 Å². The van der Waals surface area contributed by atoms with Gasteiger partial charge in [-0.3, -0.25) is 4.90 Å². The van der Waals surface area contributed by atoms with E-state index in [0.717, 1.165) is 55.5 Å². The molecule has 0 saturated heterocycles. The average Bonchev–Trinajstić information content (AvgIpc) is 2.57. The molecule has 25 heavy (non-hydrogen) atoms. The lowest BCUT2D eigenvalue weighted by molar-refractivity contribution is 0.0537. The summed E-state index contributed by atoms with van der Waals surface area (Å²) >= 11 is 0. The highest BCUT2D eigenvalue weighted by molar-refractivity contribution is 5.50. The molecule has 0 amide bonds. The fourth-order valence-corrected chi connectivity index (χ4v) is 4.80. The zero-order valence-electron chi connectivity index (χ0n) is 14.5.